The molecule has 0 aliphatic heterocycles. The van der Waals surface area contributed by atoms with Crippen molar-refractivity contribution in [1.29, 1.82) is 0 Å². The lowest BCUT2D eigenvalue weighted by Crippen LogP contribution is -2.46. The van der Waals surface area contributed by atoms with Gasteiger partial charge in [-0.25, -0.2) is 4.79 Å². The van der Waals surface area contributed by atoms with Crippen molar-refractivity contribution in [3.63, 3.8) is 0 Å². The van der Waals surface area contributed by atoms with Crippen molar-refractivity contribution in [2.24, 2.45) is 17.4 Å². The second-order valence-electron chi connectivity index (χ2n) is 5.73. The summed E-state index contributed by atoms with van der Waals surface area (Å²) in [5, 5.41) is 7.63. The molecule has 1 fully saturated rings. The van der Waals surface area contributed by atoms with Gasteiger partial charge in [-0.05, 0) is 36.8 Å². The van der Waals surface area contributed by atoms with Gasteiger partial charge < -0.3 is 22.1 Å². The van der Waals surface area contributed by atoms with Crippen molar-refractivity contribution in [2.75, 3.05) is 6.54 Å². The van der Waals surface area contributed by atoms with Crippen molar-refractivity contribution in [3.05, 3.63) is 22.4 Å². The molecule has 0 radical (unpaired) electrons. The van der Waals surface area contributed by atoms with E-state index in [1.54, 1.807) is 0 Å². The largest absolute Gasteiger partial charge is 0.353 e. The van der Waals surface area contributed by atoms with Crippen molar-refractivity contribution < 1.29 is 9.59 Å². The molecule has 1 heterocycles. The number of carbonyl (C=O) groups is 2. The molecule has 3 atom stereocenters. The Hall–Kier alpha value is -1.60. The number of urea groups is 1. The summed E-state index contributed by atoms with van der Waals surface area (Å²) in [6.07, 6.45) is 4.53. The maximum absolute atomic E-state index is 12.3. The third-order valence-corrected chi connectivity index (χ3v) is 5.14. The van der Waals surface area contributed by atoms with E-state index in [9.17, 15) is 9.59 Å². The van der Waals surface area contributed by atoms with E-state index in [0.29, 0.717) is 12.5 Å². The second kappa shape index (κ2) is 8.14. The van der Waals surface area contributed by atoms with Crippen LogP contribution in [0.5, 0.6) is 0 Å². The van der Waals surface area contributed by atoms with E-state index in [0.717, 1.165) is 24.1 Å². The number of amides is 3. The summed E-state index contributed by atoms with van der Waals surface area (Å²) in [6.45, 7) is 0.596. The van der Waals surface area contributed by atoms with Gasteiger partial charge in [0.15, 0.2) is 0 Å². The van der Waals surface area contributed by atoms with E-state index in [-0.39, 0.29) is 24.4 Å². The second-order valence-corrected chi connectivity index (χ2v) is 6.71. The monoisotopic (exact) mass is 324 g/mol. The fourth-order valence-electron chi connectivity index (χ4n) is 3.01. The highest BCUT2D eigenvalue weighted by Gasteiger charge is 2.26. The molecule has 122 valence electrons. The van der Waals surface area contributed by atoms with Gasteiger partial charge in [-0.1, -0.05) is 18.9 Å². The maximum Gasteiger partial charge on any atom is 0.312 e. The first-order valence-corrected chi connectivity index (χ1v) is 8.57. The van der Waals surface area contributed by atoms with Crippen molar-refractivity contribution >= 4 is 23.3 Å². The quantitative estimate of drug-likeness (QED) is 0.636. The van der Waals surface area contributed by atoms with Gasteiger partial charge in [-0.3, -0.25) is 4.79 Å². The number of nitrogens with two attached hydrogens (primary N) is 2. The van der Waals surface area contributed by atoms with Gasteiger partial charge in [-0.2, -0.15) is 0 Å². The van der Waals surface area contributed by atoms with Crippen molar-refractivity contribution in [1.82, 2.24) is 10.6 Å². The lowest BCUT2D eigenvalue weighted by Gasteiger charge is -2.31. The van der Waals surface area contributed by atoms with E-state index < -0.39 is 6.03 Å². The topological polar surface area (TPSA) is 110 Å². The van der Waals surface area contributed by atoms with Gasteiger partial charge in [0.05, 0.1) is 12.5 Å². The molecule has 1 saturated carbocycles. The highest BCUT2D eigenvalue weighted by molar-refractivity contribution is 7.10. The van der Waals surface area contributed by atoms with Crippen LogP contribution >= 0.6 is 11.3 Å². The third-order valence-electron chi connectivity index (χ3n) is 4.15. The minimum Gasteiger partial charge on any atom is -0.353 e. The Morgan fingerprint density at radius 2 is 2.14 bits per heavy atom. The number of rotatable bonds is 6. The minimum absolute atomic E-state index is 0.0718. The first-order chi connectivity index (χ1) is 10.6. The highest BCUT2D eigenvalue weighted by atomic mass is 32.1. The van der Waals surface area contributed by atoms with E-state index in [4.69, 9.17) is 11.5 Å². The van der Waals surface area contributed by atoms with Crippen LogP contribution in [0, 0.1) is 5.92 Å². The molecule has 0 bridgehead atoms. The number of primary amides is 1. The molecular formula is C15H24N4O2S. The van der Waals surface area contributed by atoms with Crippen LogP contribution in [0.25, 0.3) is 0 Å². The molecule has 0 aromatic carbocycles. The van der Waals surface area contributed by atoms with Gasteiger partial charge >= 0.3 is 6.03 Å². The van der Waals surface area contributed by atoms with E-state index in [2.05, 4.69) is 10.6 Å². The number of thiophene rings is 1. The molecular weight excluding hydrogens is 300 g/mol. The number of nitrogens with one attached hydrogen (secondary N) is 2. The molecule has 3 unspecified atom stereocenters. The molecule has 1 aromatic rings. The van der Waals surface area contributed by atoms with Crippen LogP contribution in [-0.2, 0) is 4.79 Å². The summed E-state index contributed by atoms with van der Waals surface area (Å²) < 4.78 is 0. The molecule has 0 spiro atoms. The average molecular weight is 324 g/mol. The molecule has 1 aliphatic rings. The molecule has 3 amide bonds. The number of hydrogen-bond acceptors (Lipinski definition) is 4. The Kier molecular flexibility index (Phi) is 6.21. The first-order valence-electron chi connectivity index (χ1n) is 7.69. The van der Waals surface area contributed by atoms with Gasteiger partial charge in [0, 0.05) is 10.9 Å². The lowest BCUT2D eigenvalue weighted by molar-refractivity contribution is -0.122. The van der Waals surface area contributed by atoms with E-state index in [1.165, 1.54) is 17.8 Å². The Morgan fingerprint density at radius 3 is 2.77 bits per heavy atom. The SMILES string of the molecule is NCC1CCCCC1NC(=O)CC(NC(N)=O)c1cccs1. The highest BCUT2D eigenvalue weighted by Crippen LogP contribution is 2.25. The Morgan fingerprint density at radius 1 is 1.36 bits per heavy atom. The molecule has 6 N–H and O–H groups in total. The van der Waals surface area contributed by atoms with Gasteiger partial charge in [-0.15, -0.1) is 11.3 Å². The smallest absolute Gasteiger partial charge is 0.312 e. The Bertz CT molecular complexity index is 492. The predicted octanol–water partition coefficient (Wildman–Crippen LogP) is 1.48. The summed E-state index contributed by atoms with van der Waals surface area (Å²) >= 11 is 1.50. The van der Waals surface area contributed by atoms with Gasteiger partial charge in [0.2, 0.25) is 5.91 Å². The molecule has 0 saturated heterocycles. The van der Waals surface area contributed by atoms with Crippen LogP contribution in [0.4, 0.5) is 4.79 Å². The van der Waals surface area contributed by atoms with Crippen LogP contribution < -0.4 is 22.1 Å². The summed E-state index contributed by atoms with van der Waals surface area (Å²) in [6, 6.07) is 2.92. The fraction of sp³-hybridized carbons (Fsp3) is 0.600. The molecule has 7 heteroatoms. The van der Waals surface area contributed by atoms with Crippen LogP contribution in [0.1, 0.15) is 43.0 Å². The summed E-state index contributed by atoms with van der Waals surface area (Å²) in [5.41, 5.74) is 11.0. The lowest BCUT2D eigenvalue weighted by atomic mass is 9.84. The Labute approximate surface area is 134 Å². The zero-order valence-corrected chi connectivity index (χ0v) is 13.4. The maximum atomic E-state index is 12.3. The van der Waals surface area contributed by atoms with E-state index >= 15 is 0 Å². The minimum atomic E-state index is -0.622. The first kappa shape index (κ1) is 16.8. The molecule has 2 rings (SSSR count). The van der Waals surface area contributed by atoms with E-state index in [1.807, 2.05) is 17.5 Å². The average Bonchev–Trinajstić information content (AvgIpc) is 3.01. The summed E-state index contributed by atoms with van der Waals surface area (Å²) in [4.78, 5) is 24.4. The van der Waals surface area contributed by atoms with Crippen LogP contribution in [-0.4, -0.2) is 24.5 Å². The van der Waals surface area contributed by atoms with Crippen molar-refractivity contribution in [3.8, 4) is 0 Å². The van der Waals surface area contributed by atoms with Crippen LogP contribution in [0.15, 0.2) is 17.5 Å². The third kappa shape index (κ3) is 4.71. The van der Waals surface area contributed by atoms with Crippen LogP contribution in [0.3, 0.4) is 0 Å². The number of carbonyl (C=O) groups excluding carboxylic acids is 2. The summed E-state index contributed by atoms with van der Waals surface area (Å²) in [7, 11) is 0. The molecule has 6 nitrogen and oxygen atoms in total. The standard InChI is InChI=1S/C15H24N4O2S/c16-9-10-4-1-2-5-11(10)18-14(20)8-12(19-15(17)21)13-6-3-7-22-13/h3,6-7,10-12H,1-2,4-5,8-9,16H2,(H,18,20)(H3,17,19,21). The Balaban J connectivity index is 1.94. The van der Waals surface area contributed by atoms with Crippen LogP contribution in [0.2, 0.25) is 0 Å². The zero-order chi connectivity index (χ0) is 15.9. The number of hydrogen-bond donors (Lipinski definition) is 4. The van der Waals surface area contributed by atoms with Crippen molar-refractivity contribution in [2.45, 2.75) is 44.2 Å². The van der Waals surface area contributed by atoms with Gasteiger partial charge in [0.1, 0.15) is 0 Å². The summed E-state index contributed by atoms with van der Waals surface area (Å²) in [5.74, 6) is 0.277. The predicted molar refractivity (Wildman–Crippen MR) is 87.3 cm³/mol. The molecule has 1 aromatic heterocycles. The zero-order valence-electron chi connectivity index (χ0n) is 12.6. The molecule has 22 heavy (non-hydrogen) atoms. The normalized spacial score (nSPS) is 22.8. The molecule has 1 aliphatic carbocycles. The fourth-order valence-corrected chi connectivity index (χ4v) is 3.79. The van der Waals surface area contributed by atoms with Gasteiger partial charge in [0.25, 0.3) is 0 Å².